The molecule has 5 heteroatoms. The second-order valence-electron chi connectivity index (χ2n) is 3.63. The van der Waals surface area contributed by atoms with Gasteiger partial charge in [-0.25, -0.2) is 4.79 Å². The van der Waals surface area contributed by atoms with Gasteiger partial charge in [0.15, 0.2) is 0 Å². The molecule has 2 amide bonds. The maximum absolute atomic E-state index is 11.3. The summed E-state index contributed by atoms with van der Waals surface area (Å²) in [5, 5.41) is 11.2. The van der Waals surface area contributed by atoms with Gasteiger partial charge in [0.1, 0.15) is 0 Å². The smallest absolute Gasteiger partial charge is 0.318 e. The van der Waals surface area contributed by atoms with Gasteiger partial charge in [-0.2, -0.15) is 0 Å². The summed E-state index contributed by atoms with van der Waals surface area (Å²) in [5.41, 5.74) is 0. The van der Waals surface area contributed by atoms with Crippen LogP contribution >= 0.6 is 0 Å². The fourth-order valence-corrected chi connectivity index (χ4v) is 1.65. The van der Waals surface area contributed by atoms with Gasteiger partial charge in [0.05, 0.1) is 12.5 Å². The molecule has 2 aliphatic rings. The second-order valence-corrected chi connectivity index (χ2v) is 3.63. The molecule has 72 valence electrons. The number of carbonyl (C=O) groups excluding carboxylic acids is 1. The number of carbonyl (C=O) groups is 2. The summed E-state index contributed by atoms with van der Waals surface area (Å²) in [5.74, 6) is -0.858. The van der Waals surface area contributed by atoms with Crippen molar-refractivity contribution in [1.29, 1.82) is 0 Å². The number of hydrogen-bond acceptors (Lipinski definition) is 2. The molecule has 2 fully saturated rings. The van der Waals surface area contributed by atoms with Gasteiger partial charge in [-0.05, 0) is 12.8 Å². The van der Waals surface area contributed by atoms with Crippen LogP contribution in [0.5, 0.6) is 0 Å². The van der Waals surface area contributed by atoms with Crippen molar-refractivity contribution in [3.05, 3.63) is 0 Å². The van der Waals surface area contributed by atoms with Gasteiger partial charge in [0.2, 0.25) is 0 Å². The average Bonchev–Trinajstić information content (AvgIpc) is 2.77. The SMILES string of the molecule is O=C(O)CC1CN(C2CC2)C(=O)N1. The first-order chi connectivity index (χ1) is 6.16. The summed E-state index contributed by atoms with van der Waals surface area (Å²) in [6, 6.07) is 0.0677. The van der Waals surface area contributed by atoms with Crippen molar-refractivity contribution >= 4 is 12.0 Å². The van der Waals surface area contributed by atoms with Gasteiger partial charge in [-0.3, -0.25) is 4.79 Å². The van der Waals surface area contributed by atoms with Crippen molar-refractivity contribution in [3.8, 4) is 0 Å². The maximum Gasteiger partial charge on any atom is 0.318 e. The van der Waals surface area contributed by atoms with Gasteiger partial charge in [0, 0.05) is 12.6 Å². The zero-order valence-corrected chi connectivity index (χ0v) is 7.19. The highest BCUT2D eigenvalue weighted by Gasteiger charge is 2.39. The standard InChI is InChI=1S/C8H12N2O3/c11-7(12)3-5-4-10(6-1-2-6)8(13)9-5/h5-6H,1-4H2,(H,9,13)(H,11,12). The third-order valence-corrected chi connectivity index (χ3v) is 2.41. The summed E-state index contributed by atoms with van der Waals surface area (Å²) in [6.07, 6.45) is 2.15. The van der Waals surface area contributed by atoms with Crippen molar-refractivity contribution < 1.29 is 14.7 Å². The molecular formula is C8H12N2O3. The van der Waals surface area contributed by atoms with Crippen molar-refractivity contribution in [1.82, 2.24) is 10.2 Å². The molecule has 0 radical (unpaired) electrons. The molecule has 0 aromatic carbocycles. The Morgan fingerprint density at radius 1 is 1.62 bits per heavy atom. The Bertz CT molecular complexity index is 250. The minimum atomic E-state index is -0.858. The lowest BCUT2D eigenvalue weighted by atomic mass is 10.2. The van der Waals surface area contributed by atoms with Gasteiger partial charge >= 0.3 is 12.0 Å². The molecule has 0 aromatic rings. The third kappa shape index (κ3) is 1.74. The van der Waals surface area contributed by atoms with Gasteiger partial charge in [-0.15, -0.1) is 0 Å². The molecule has 1 saturated carbocycles. The monoisotopic (exact) mass is 184 g/mol. The number of nitrogens with zero attached hydrogens (tertiary/aromatic N) is 1. The normalized spacial score (nSPS) is 27.5. The lowest BCUT2D eigenvalue weighted by molar-refractivity contribution is -0.137. The lowest BCUT2D eigenvalue weighted by Gasteiger charge is -2.11. The van der Waals surface area contributed by atoms with Crippen LogP contribution in [0.3, 0.4) is 0 Å². The van der Waals surface area contributed by atoms with E-state index in [1.807, 2.05) is 0 Å². The van der Waals surface area contributed by atoms with Crippen LogP contribution in [0.1, 0.15) is 19.3 Å². The number of aliphatic carboxylic acids is 1. The Hall–Kier alpha value is -1.26. The number of rotatable bonds is 3. The molecule has 2 N–H and O–H groups in total. The molecule has 0 spiro atoms. The number of carboxylic acid groups (broad SMARTS) is 1. The Balaban J connectivity index is 1.90. The quantitative estimate of drug-likeness (QED) is 0.649. The van der Waals surface area contributed by atoms with Crippen LogP contribution in [-0.4, -0.2) is 40.6 Å². The Kier molecular flexibility index (Phi) is 1.86. The van der Waals surface area contributed by atoms with Crippen molar-refractivity contribution in [2.45, 2.75) is 31.3 Å². The van der Waals surface area contributed by atoms with Gasteiger partial charge < -0.3 is 15.3 Å². The van der Waals surface area contributed by atoms with Gasteiger partial charge in [-0.1, -0.05) is 0 Å². The van der Waals surface area contributed by atoms with Crippen LogP contribution in [0, 0.1) is 0 Å². The zero-order chi connectivity index (χ0) is 9.42. The highest BCUT2D eigenvalue weighted by Crippen LogP contribution is 2.29. The summed E-state index contributed by atoms with van der Waals surface area (Å²) < 4.78 is 0. The van der Waals surface area contributed by atoms with E-state index < -0.39 is 5.97 Å². The lowest BCUT2D eigenvalue weighted by Crippen LogP contribution is -2.30. The average molecular weight is 184 g/mol. The predicted molar refractivity (Wildman–Crippen MR) is 44.3 cm³/mol. The van der Waals surface area contributed by atoms with E-state index in [1.165, 1.54) is 0 Å². The minimum Gasteiger partial charge on any atom is -0.481 e. The Morgan fingerprint density at radius 2 is 2.31 bits per heavy atom. The van der Waals surface area contributed by atoms with Crippen molar-refractivity contribution in [2.24, 2.45) is 0 Å². The summed E-state index contributed by atoms with van der Waals surface area (Å²) in [6.45, 7) is 0.551. The highest BCUT2D eigenvalue weighted by atomic mass is 16.4. The number of nitrogens with one attached hydrogen (secondary N) is 1. The molecule has 1 atom stereocenters. The molecule has 1 aliphatic heterocycles. The summed E-state index contributed by atoms with van der Waals surface area (Å²) in [7, 11) is 0. The molecule has 1 saturated heterocycles. The van der Waals surface area contributed by atoms with E-state index in [-0.39, 0.29) is 18.5 Å². The fourth-order valence-electron chi connectivity index (χ4n) is 1.65. The molecular weight excluding hydrogens is 172 g/mol. The van der Waals surface area contributed by atoms with Crippen LogP contribution in [0.4, 0.5) is 4.79 Å². The minimum absolute atomic E-state index is 0.0228. The van der Waals surface area contributed by atoms with Crippen LogP contribution in [0.15, 0.2) is 0 Å². The van der Waals surface area contributed by atoms with E-state index in [9.17, 15) is 9.59 Å². The molecule has 13 heavy (non-hydrogen) atoms. The van der Waals surface area contributed by atoms with E-state index >= 15 is 0 Å². The Labute approximate surface area is 75.7 Å². The van der Waals surface area contributed by atoms with E-state index in [1.54, 1.807) is 4.90 Å². The molecule has 1 aliphatic carbocycles. The number of carboxylic acids is 1. The molecule has 1 unspecified atom stereocenters. The molecule has 0 aromatic heterocycles. The van der Waals surface area contributed by atoms with Crippen LogP contribution < -0.4 is 5.32 Å². The maximum atomic E-state index is 11.3. The third-order valence-electron chi connectivity index (χ3n) is 2.41. The number of urea groups is 1. The van der Waals surface area contributed by atoms with E-state index in [0.29, 0.717) is 12.6 Å². The molecule has 1 heterocycles. The second kappa shape index (κ2) is 2.90. The first-order valence-corrected chi connectivity index (χ1v) is 4.46. The zero-order valence-electron chi connectivity index (χ0n) is 7.19. The van der Waals surface area contributed by atoms with E-state index in [0.717, 1.165) is 12.8 Å². The van der Waals surface area contributed by atoms with Crippen molar-refractivity contribution in [2.75, 3.05) is 6.54 Å². The first kappa shape index (κ1) is 8.34. The van der Waals surface area contributed by atoms with Crippen LogP contribution in [0.2, 0.25) is 0 Å². The number of amides is 2. The topological polar surface area (TPSA) is 69.6 Å². The summed E-state index contributed by atoms with van der Waals surface area (Å²) in [4.78, 5) is 23.4. The summed E-state index contributed by atoms with van der Waals surface area (Å²) >= 11 is 0. The van der Waals surface area contributed by atoms with E-state index in [2.05, 4.69) is 5.32 Å². The molecule has 5 nitrogen and oxygen atoms in total. The van der Waals surface area contributed by atoms with Gasteiger partial charge in [0.25, 0.3) is 0 Å². The Morgan fingerprint density at radius 3 is 2.85 bits per heavy atom. The highest BCUT2D eigenvalue weighted by molar-refractivity contribution is 5.79. The van der Waals surface area contributed by atoms with Crippen LogP contribution in [0.25, 0.3) is 0 Å². The first-order valence-electron chi connectivity index (χ1n) is 4.46. The van der Waals surface area contributed by atoms with E-state index in [4.69, 9.17) is 5.11 Å². The molecule has 0 bridgehead atoms. The fraction of sp³-hybridized carbons (Fsp3) is 0.750. The largest absolute Gasteiger partial charge is 0.481 e. The predicted octanol–water partition coefficient (Wildman–Crippen LogP) is 0.0173. The number of hydrogen-bond donors (Lipinski definition) is 2. The molecule has 2 rings (SSSR count). The van der Waals surface area contributed by atoms with Crippen molar-refractivity contribution in [3.63, 3.8) is 0 Å². The van der Waals surface area contributed by atoms with Crippen LogP contribution in [-0.2, 0) is 4.79 Å².